The van der Waals surface area contributed by atoms with Crippen LogP contribution in [0.1, 0.15) is 49.9 Å². The molecule has 4 N–H and O–H groups in total. The number of terminal acetylenes is 1. The van der Waals surface area contributed by atoms with Gasteiger partial charge in [0.25, 0.3) is 5.91 Å². The summed E-state index contributed by atoms with van der Waals surface area (Å²) in [5, 5.41) is 17.4. The number of nitrogens with zero attached hydrogens (tertiary/aromatic N) is 6. The number of nitrogen functional groups attached to an aromatic ring is 1. The van der Waals surface area contributed by atoms with Crippen molar-refractivity contribution in [3.05, 3.63) is 107 Å². The van der Waals surface area contributed by atoms with Crippen LogP contribution in [0.25, 0.3) is 34.1 Å². The van der Waals surface area contributed by atoms with Crippen LogP contribution >= 0.6 is 0 Å². The third-order valence-corrected chi connectivity index (χ3v) is 7.77. The first-order valence-corrected chi connectivity index (χ1v) is 13.8. The number of imidazole rings is 1. The van der Waals surface area contributed by atoms with Crippen molar-refractivity contribution in [2.75, 3.05) is 5.73 Å². The average molecular weight is 581 g/mol. The number of amides is 1. The second-order valence-electron chi connectivity index (χ2n) is 10.3. The fraction of sp³-hybridized carbons (Fsp3) is 0.0909. The summed E-state index contributed by atoms with van der Waals surface area (Å²) in [6.07, 6.45) is 12.6. The molecule has 0 saturated heterocycles. The lowest BCUT2D eigenvalue weighted by Gasteiger charge is -2.17. The second kappa shape index (κ2) is 10.5. The molecule has 44 heavy (non-hydrogen) atoms. The molecule has 4 aromatic heterocycles. The zero-order chi connectivity index (χ0) is 30.4. The number of hydrogen-bond donors (Lipinski definition) is 3. The van der Waals surface area contributed by atoms with E-state index in [1.54, 1.807) is 17.1 Å². The quantitative estimate of drug-likeness (QED) is 0.196. The molecule has 1 aliphatic rings. The summed E-state index contributed by atoms with van der Waals surface area (Å²) in [5.74, 6) is 3.30. The van der Waals surface area contributed by atoms with Crippen LogP contribution in [0.3, 0.4) is 0 Å². The number of aromatic nitrogens is 6. The summed E-state index contributed by atoms with van der Waals surface area (Å²) < 4.78 is 3.64. The highest BCUT2D eigenvalue weighted by Gasteiger charge is 2.27. The second-order valence-corrected chi connectivity index (χ2v) is 10.3. The number of aryl methyl sites for hydroxylation is 1. The molecule has 1 aliphatic carbocycles. The Bertz CT molecular complexity index is 2140. The van der Waals surface area contributed by atoms with Gasteiger partial charge in [-0.3, -0.25) is 14.2 Å². The van der Waals surface area contributed by atoms with E-state index in [1.807, 2.05) is 53.2 Å². The van der Waals surface area contributed by atoms with E-state index in [4.69, 9.17) is 22.1 Å². The zero-order valence-corrected chi connectivity index (χ0v) is 23.2. The number of aromatic hydroxyl groups is 1. The largest absolute Gasteiger partial charge is 0.507 e. The van der Waals surface area contributed by atoms with Crippen LogP contribution in [0.2, 0.25) is 0 Å². The van der Waals surface area contributed by atoms with Gasteiger partial charge in [0, 0.05) is 29.8 Å². The van der Waals surface area contributed by atoms with Crippen molar-refractivity contribution in [1.82, 2.24) is 34.6 Å². The number of phenols is 1. The first-order valence-electron chi connectivity index (χ1n) is 13.8. The molecule has 0 fully saturated rings. The molecule has 214 valence electrons. The topological polar surface area (TPSA) is 154 Å². The van der Waals surface area contributed by atoms with Gasteiger partial charge >= 0.3 is 0 Å². The third-order valence-electron chi connectivity index (χ3n) is 7.77. The van der Waals surface area contributed by atoms with Gasteiger partial charge in [0.2, 0.25) is 0 Å². The van der Waals surface area contributed by atoms with E-state index in [2.05, 4.69) is 27.4 Å². The highest BCUT2D eigenvalue weighted by Crippen LogP contribution is 2.36. The van der Waals surface area contributed by atoms with E-state index >= 15 is 0 Å². The maximum Gasteiger partial charge on any atom is 0.253 e. The third kappa shape index (κ3) is 4.42. The van der Waals surface area contributed by atoms with Crippen molar-refractivity contribution in [1.29, 1.82) is 0 Å². The van der Waals surface area contributed by atoms with Crippen LogP contribution in [0.4, 0.5) is 5.82 Å². The molecule has 0 radical (unpaired) electrons. The lowest BCUT2D eigenvalue weighted by Crippen LogP contribution is -2.28. The Hall–Kier alpha value is -6.28. The minimum Gasteiger partial charge on any atom is -0.507 e. The first-order chi connectivity index (χ1) is 21.4. The monoisotopic (exact) mass is 580 g/mol. The van der Waals surface area contributed by atoms with Crippen LogP contribution in [-0.4, -0.2) is 46.6 Å². The fourth-order valence-electron chi connectivity index (χ4n) is 5.65. The highest BCUT2D eigenvalue weighted by molar-refractivity contribution is 5.99. The molecule has 6 aromatic rings. The molecule has 0 saturated carbocycles. The van der Waals surface area contributed by atoms with Crippen LogP contribution < -0.4 is 11.1 Å². The maximum absolute atomic E-state index is 13.3. The Balaban J connectivity index is 1.29. The predicted molar refractivity (Wildman–Crippen MR) is 164 cm³/mol. The molecule has 7 rings (SSSR count). The predicted octanol–water partition coefficient (Wildman–Crippen LogP) is 4.17. The molecule has 11 nitrogen and oxygen atoms in total. The Morgan fingerprint density at radius 2 is 2.00 bits per heavy atom. The van der Waals surface area contributed by atoms with E-state index < -0.39 is 5.91 Å². The number of anilines is 1. The number of nitrogens with one attached hydrogen (secondary N) is 1. The molecular weight excluding hydrogens is 556 g/mol. The van der Waals surface area contributed by atoms with Crippen LogP contribution in [-0.2, 0) is 6.42 Å². The van der Waals surface area contributed by atoms with E-state index in [0.29, 0.717) is 53.3 Å². The molecule has 0 unspecified atom stereocenters. The van der Waals surface area contributed by atoms with E-state index in [-0.39, 0.29) is 28.5 Å². The Morgan fingerprint density at radius 1 is 1.11 bits per heavy atom. The molecule has 4 heterocycles. The number of hydrogen-bond acceptors (Lipinski definition) is 8. The van der Waals surface area contributed by atoms with Crippen molar-refractivity contribution in [2.24, 2.45) is 0 Å². The Kier molecular flexibility index (Phi) is 6.36. The number of benzene rings is 2. The van der Waals surface area contributed by atoms with Crippen molar-refractivity contribution in [2.45, 2.75) is 18.9 Å². The molecule has 1 amide bonds. The van der Waals surface area contributed by atoms with Gasteiger partial charge in [-0.15, -0.1) is 6.42 Å². The number of carbonyl (C=O) groups is 2. The molecule has 0 spiro atoms. The minimum absolute atomic E-state index is 0.00690. The summed E-state index contributed by atoms with van der Waals surface area (Å²) in [6.45, 7) is 0. The minimum atomic E-state index is -0.423. The number of rotatable bonds is 6. The summed E-state index contributed by atoms with van der Waals surface area (Å²) in [5.41, 5.74) is 11.5. The summed E-state index contributed by atoms with van der Waals surface area (Å²) in [7, 11) is 0. The summed E-state index contributed by atoms with van der Waals surface area (Å²) in [4.78, 5) is 38.7. The van der Waals surface area contributed by atoms with Crippen molar-refractivity contribution in [3.63, 3.8) is 0 Å². The maximum atomic E-state index is 13.3. The fourth-order valence-corrected chi connectivity index (χ4v) is 5.65. The first kappa shape index (κ1) is 26.6. The van der Waals surface area contributed by atoms with E-state index in [1.165, 1.54) is 12.1 Å². The number of nitrogens with two attached hydrogens (primary N) is 1. The number of fused-ring (bicyclic) bond motifs is 2. The smallest absolute Gasteiger partial charge is 0.253 e. The lowest BCUT2D eigenvalue weighted by molar-refractivity contribution is 0.0936. The van der Waals surface area contributed by atoms with Gasteiger partial charge < -0.3 is 16.2 Å². The van der Waals surface area contributed by atoms with E-state index in [0.717, 1.165) is 16.8 Å². The molecule has 0 aliphatic heterocycles. The van der Waals surface area contributed by atoms with Crippen LogP contribution in [0.15, 0.2) is 79.3 Å². The van der Waals surface area contributed by atoms with Crippen LogP contribution in [0, 0.1) is 12.3 Å². The number of aldehydes is 1. The van der Waals surface area contributed by atoms with Gasteiger partial charge in [0.1, 0.15) is 17.1 Å². The SMILES string of the molecule is C#Cc1cc(O)c(C=O)cc1C(=O)N[C@H]1CCc2cc(-n3c(-c4cccnc4N)nc4ccc(-n5cccn5)nc43)ccc21. The van der Waals surface area contributed by atoms with Crippen molar-refractivity contribution in [3.8, 4) is 41.0 Å². The van der Waals surface area contributed by atoms with Crippen LogP contribution in [0.5, 0.6) is 5.75 Å². The standard InChI is InChI=1S/C33H24N8O3/c1-2-19-17-28(43)21(18-42)16-25(19)33(44)38-26-9-6-20-15-22(7-8-23(20)26)41-31(24-5-3-12-35-30(24)34)37-27-10-11-29(39-32(27)41)40-14-4-13-36-40/h1,3-5,7-8,10-18,26,43H,6,9H2,(H2,34,35)(H,38,44)/t26-/m0/s1. The van der Waals surface area contributed by atoms with Gasteiger partial charge in [0.05, 0.1) is 22.7 Å². The zero-order valence-electron chi connectivity index (χ0n) is 23.2. The number of phenolic OH excluding ortho intramolecular Hbond substituents is 1. The van der Waals surface area contributed by atoms with Gasteiger partial charge in [-0.05, 0) is 78.6 Å². The Morgan fingerprint density at radius 3 is 2.77 bits per heavy atom. The van der Waals surface area contributed by atoms with Crippen molar-refractivity contribution < 1.29 is 14.7 Å². The lowest BCUT2D eigenvalue weighted by atomic mass is 10.0. The number of carbonyl (C=O) groups excluding carboxylic acids is 2. The van der Waals surface area contributed by atoms with Gasteiger partial charge in [-0.1, -0.05) is 12.0 Å². The summed E-state index contributed by atoms with van der Waals surface area (Å²) >= 11 is 0. The molecule has 0 bridgehead atoms. The Labute approximate surface area is 251 Å². The van der Waals surface area contributed by atoms with Gasteiger partial charge in [0.15, 0.2) is 23.6 Å². The summed E-state index contributed by atoms with van der Waals surface area (Å²) in [6, 6.07) is 17.6. The molecule has 11 heteroatoms. The average Bonchev–Trinajstić information content (AvgIpc) is 3.80. The van der Waals surface area contributed by atoms with Gasteiger partial charge in [-0.2, -0.15) is 5.10 Å². The number of pyridine rings is 2. The van der Waals surface area contributed by atoms with Crippen molar-refractivity contribution >= 4 is 29.2 Å². The molecular formula is C33H24N8O3. The molecule has 1 atom stereocenters. The van der Waals surface area contributed by atoms with Gasteiger partial charge in [-0.25, -0.2) is 19.6 Å². The van der Waals surface area contributed by atoms with E-state index in [9.17, 15) is 14.7 Å². The molecule has 2 aromatic carbocycles. The highest BCUT2D eigenvalue weighted by atomic mass is 16.3. The normalized spacial score (nSPS) is 13.8.